The van der Waals surface area contributed by atoms with E-state index in [9.17, 15) is 9.90 Å². The first kappa shape index (κ1) is 17.7. The molecule has 3 atom stereocenters. The monoisotopic (exact) mass is 278 g/mol. The van der Waals surface area contributed by atoms with Gasteiger partial charge in [-0.3, -0.25) is 4.79 Å². The molecule has 0 aliphatic carbocycles. The van der Waals surface area contributed by atoms with E-state index in [4.69, 9.17) is 0 Å². The van der Waals surface area contributed by atoms with Crippen LogP contribution >= 0.6 is 12.4 Å². The van der Waals surface area contributed by atoms with Crippen molar-refractivity contribution in [1.29, 1.82) is 0 Å². The predicted molar refractivity (Wildman–Crippen MR) is 76.0 cm³/mol. The van der Waals surface area contributed by atoms with Gasteiger partial charge in [-0.15, -0.1) is 12.4 Å². The summed E-state index contributed by atoms with van der Waals surface area (Å²) in [4.78, 5) is 11.8. The fourth-order valence-electron chi connectivity index (χ4n) is 2.23. The average Bonchev–Trinajstić information content (AvgIpc) is 2.76. The summed E-state index contributed by atoms with van der Waals surface area (Å²) in [6.07, 6.45) is 4.91. The van der Waals surface area contributed by atoms with E-state index in [1.165, 1.54) is 19.3 Å². The Balaban J connectivity index is 0.00000289. The van der Waals surface area contributed by atoms with Crippen LogP contribution in [0.5, 0.6) is 0 Å². The predicted octanol–water partition coefficient (Wildman–Crippen LogP) is 1.46. The number of nitrogens with one attached hydrogen (secondary N) is 2. The van der Waals surface area contributed by atoms with Crippen molar-refractivity contribution in [2.75, 3.05) is 13.1 Å². The van der Waals surface area contributed by atoms with Crippen molar-refractivity contribution in [1.82, 2.24) is 10.6 Å². The number of unbranched alkanes of at least 4 members (excludes halogenated alkanes) is 1. The molecule has 0 aromatic carbocycles. The van der Waals surface area contributed by atoms with Gasteiger partial charge in [0.15, 0.2) is 0 Å². The summed E-state index contributed by atoms with van der Waals surface area (Å²) < 4.78 is 0. The highest BCUT2D eigenvalue weighted by atomic mass is 35.5. The van der Waals surface area contributed by atoms with Crippen molar-refractivity contribution in [3.63, 3.8) is 0 Å². The van der Waals surface area contributed by atoms with Gasteiger partial charge in [-0.05, 0) is 18.8 Å². The largest absolute Gasteiger partial charge is 0.392 e. The number of aliphatic hydroxyl groups is 1. The van der Waals surface area contributed by atoms with Crippen molar-refractivity contribution in [3.8, 4) is 0 Å². The highest BCUT2D eigenvalue weighted by Gasteiger charge is 2.27. The second-order valence-corrected chi connectivity index (χ2v) is 5.01. The third kappa shape index (κ3) is 6.03. The Morgan fingerprint density at radius 2 is 2.22 bits per heavy atom. The molecule has 3 N–H and O–H groups in total. The van der Waals surface area contributed by atoms with E-state index in [-0.39, 0.29) is 30.5 Å². The van der Waals surface area contributed by atoms with Gasteiger partial charge in [0, 0.05) is 13.1 Å². The van der Waals surface area contributed by atoms with Crippen LogP contribution in [0, 0.1) is 5.92 Å². The molecule has 5 heteroatoms. The molecule has 4 nitrogen and oxygen atoms in total. The summed E-state index contributed by atoms with van der Waals surface area (Å²) in [6.45, 7) is 5.66. The molecule has 0 aromatic rings. The first-order valence-corrected chi connectivity index (χ1v) is 6.86. The van der Waals surface area contributed by atoms with Crippen LogP contribution in [-0.2, 0) is 4.79 Å². The molecule has 0 saturated carbocycles. The molecule has 1 aliphatic heterocycles. The van der Waals surface area contributed by atoms with Gasteiger partial charge < -0.3 is 15.7 Å². The van der Waals surface area contributed by atoms with Crippen LogP contribution in [0.15, 0.2) is 0 Å². The van der Waals surface area contributed by atoms with E-state index < -0.39 is 0 Å². The number of halogens is 1. The van der Waals surface area contributed by atoms with E-state index >= 15 is 0 Å². The molecule has 1 saturated heterocycles. The van der Waals surface area contributed by atoms with Gasteiger partial charge in [-0.25, -0.2) is 0 Å². The molecule has 0 radical (unpaired) electrons. The number of hydrogen-bond acceptors (Lipinski definition) is 3. The zero-order valence-corrected chi connectivity index (χ0v) is 12.3. The summed E-state index contributed by atoms with van der Waals surface area (Å²) in [6, 6.07) is -0.200. The number of β-amino-alcohol motifs (C(OH)–C–C–N with tert-alkyl or cyclic N) is 1. The van der Waals surface area contributed by atoms with Crippen LogP contribution in [-0.4, -0.2) is 36.2 Å². The Labute approximate surface area is 116 Å². The third-order valence-corrected chi connectivity index (χ3v) is 3.53. The molecule has 1 fully saturated rings. The first-order valence-electron chi connectivity index (χ1n) is 6.86. The van der Waals surface area contributed by atoms with Crippen molar-refractivity contribution in [3.05, 3.63) is 0 Å². The quantitative estimate of drug-likeness (QED) is 0.661. The second kappa shape index (κ2) is 9.59. The SMILES string of the molecule is CCCCC(CC)CNC(=O)C1CC(O)CN1.Cl. The van der Waals surface area contributed by atoms with Crippen LogP contribution < -0.4 is 10.6 Å². The summed E-state index contributed by atoms with van der Waals surface area (Å²) in [5.41, 5.74) is 0. The van der Waals surface area contributed by atoms with E-state index in [1.54, 1.807) is 0 Å². The topological polar surface area (TPSA) is 61.4 Å². The van der Waals surface area contributed by atoms with E-state index in [1.807, 2.05) is 0 Å². The number of amides is 1. The van der Waals surface area contributed by atoms with E-state index in [0.717, 1.165) is 13.0 Å². The zero-order valence-electron chi connectivity index (χ0n) is 11.4. The Bertz CT molecular complexity index is 239. The minimum Gasteiger partial charge on any atom is -0.392 e. The molecular weight excluding hydrogens is 252 g/mol. The van der Waals surface area contributed by atoms with Gasteiger partial charge in [0.25, 0.3) is 0 Å². The molecule has 1 heterocycles. The maximum atomic E-state index is 11.8. The van der Waals surface area contributed by atoms with Gasteiger partial charge in [-0.2, -0.15) is 0 Å². The molecule has 0 spiro atoms. The Morgan fingerprint density at radius 3 is 2.72 bits per heavy atom. The first-order chi connectivity index (χ1) is 8.17. The smallest absolute Gasteiger partial charge is 0.237 e. The minimum atomic E-state index is -0.368. The summed E-state index contributed by atoms with van der Waals surface area (Å²) in [5, 5.41) is 15.4. The summed E-state index contributed by atoms with van der Waals surface area (Å²) >= 11 is 0. The van der Waals surface area contributed by atoms with Gasteiger partial charge in [0.05, 0.1) is 12.1 Å². The summed E-state index contributed by atoms with van der Waals surface area (Å²) in [7, 11) is 0. The number of rotatable bonds is 7. The van der Waals surface area contributed by atoms with Crippen molar-refractivity contribution >= 4 is 18.3 Å². The zero-order chi connectivity index (χ0) is 12.7. The molecule has 18 heavy (non-hydrogen) atoms. The highest BCUT2D eigenvalue weighted by Crippen LogP contribution is 2.12. The molecular formula is C13H27ClN2O2. The number of aliphatic hydroxyl groups excluding tert-OH is 1. The third-order valence-electron chi connectivity index (χ3n) is 3.53. The molecule has 0 aromatic heterocycles. The van der Waals surface area contributed by atoms with Crippen LogP contribution in [0.1, 0.15) is 46.0 Å². The Kier molecular flexibility index (Phi) is 9.42. The number of hydrogen-bond donors (Lipinski definition) is 3. The molecule has 1 amide bonds. The fraction of sp³-hybridized carbons (Fsp3) is 0.923. The van der Waals surface area contributed by atoms with E-state index in [0.29, 0.717) is 18.9 Å². The molecule has 1 aliphatic rings. The fourth-order valence-corrected chi connectivity index (χ4v) is 2.23. The Hall–Kier alpha value is -0.320. The molecule has 108 valence electrons. The molecule has 3 unspecified atom stereocenters. The van der Waals surface area contributed by atoms with Crippen molar-refractivity contribution in [2.24, 2.45) is 5.92 Å². The van der Waals surface area contributed by atoms with Gasteiger partial charge in [0.2, 0.25) is 5.91 Å². The number of carbonyl (C=O) groups is 1. The van der Waals surface area contributed by atoms with Crippen LogP contribution in [0.2, 0.25) is 0 Å². The lowest BCUT2D eigenvalue weighted by Crippen LogP contribution is -2.42. The van der Waals surface area contributed by atoms with E-state index in [2.05, 4.69) is 24.5 Å². The maximum absolute atomic E-state index is 11.8. The van der Waals surface area contributed by atoms with Gasteiger partial charge in [-0.1, -0.05) is 33.1 Å². The number of carbonyl (C=O) groups excluding carboxylic acids is 1. The van der Waals surface area contributed by atoms with Crippen molar-refractivity contribution in [2.45, 2.75) is 58.1 Å². The van der Waals surface area contributed by atoms with Crippen molar-refractivity contribution < 1.29 is 9.90 Å². The lowest BCUT2D eigenvalue weighted by atomic mass is 9.99. The lowest BCUT2D eigenvalue weighted by Gasteiger charge is -2.17. The lowest BCUT2D eigenvalue weighted by molar-refractivity contribution is -0.123. The standard InChI is InChI=1S/C13H26N2O2.ClH/c1-3-5-6-10(4-2)8-15-13(17)12-7-11(16)9-14-12;/h10-12,14,16H,3-9H2,1-2H3,(H,15,17);1H. The van der Waals surface area contributed by atoms with Crippen LogP contribution in [0.4, 0.5) is 0 Å². The average molecular weight is 279 g/mol. The highest BCUT2D eigenvalue weighted by molar-refractivity contribution is 5.85. The minimum absolute atomic E-state index is 0. The summed E-state index contributed by atoms with van der Waals surface area (Å²) in [5.74, 6) is 0.627. The Morgan fingerprint density at radius 1 is 1.50 bits per heavy atom. The second-order valence-electron chi connectivity index (χ2n) is 5.01. The van der Waals surface area contributed by atoms with Gasteiger partial charge in [0.1, 0.15) is 0 Å². The maximum Gasteiger partial charge on any atom is 0.237 e. The molecule has 1 rings (SSSR count). The van der Waals surface area contributed by atoms with Crippen LogP contribution in [0.3, 0.4) is 0 Å². The molecule has 0 bridgehead atoms. The van der Waals surface area contributed by atoms with Crippen LogP contribution in [0.25, 0.3) is 0 Å². The van der Waals surface area contributed by atoms with Gasteiger partial charge >= 0.3 is 0 Å². The normalized spacial score (nSPS) is 24.4.